The summed E-state index contributed by atoms with van der Waals surface area (Å²) in [6.07, 6.45) is 2.69. The van der Waals surface area contributed by atoms with Crippen molar-refractivity contribution < 1.29 is 9.53 Å². The minimum Gasteiger partial charge on any atom is -0.385 e. The molecule has 6 nitrogen and oxygen atoms in total. The van der Waals surface area contributed by atoms with Crippen molar-refractivity contribution in [1.29, 1.82) is 0 Å². The molecule has 0 bridgehead atoms. The van der Waals surface area contributed by atoms with Crippen molar-refractivity contribution in [3.05, 3.63) is 24.0 Å². The summed E-state index contributed by atoms with van der Waals surface area (Å²) in [6.45, 7) is 5.89. The lowest BCUT2D eigenvalue weighted by molar-refractivity contribution is 0.0942. The van der Waals surface area contributed by atoms with Crippen molar-refractivity contribution in [1.82, 2.24) is 15.2 Å². The van der Waals surface area contributed by atoms with Crippen LogP contribution in [-0.2, 0) is 4.74 Å². The summed E-state index contributed by atoms with van der Waals surface area (Å²) in [4.78, 5) is 18.2. The van der Waals surface area contributed by atoms with Crippen LogP contribution in [0.3, 0.4) is 0 Å². The minimum atomic E-state index is -0.143. The fourth-order valence-corrected chi connectivity index (χ4v) is 1.74. The molecule has 0 radical (unpaired) electrons. The molecule has 0 fully saturated rings. The molecule has 0 saturated carbocycles. The van der Waals surface area contributed by atoms with Gasteiger partial charge >= 0.3 is 0 Å². The number of amides is 1. The van der Waals surface area contributed by atoms with Crippen LogP contribution >= 0.6 is 0 Å². The first-order valence-corrected chi connectivity index (χ1v) is 7.33. The molecule has 0 aromatic carbocycles. The second-order valence-corrected chi connectivity index (χ2v) is 4.91. The fraction of sp³-hybridized carbons (Fsp3) is 0.600. The van der Waals surface area contributed by atoms with E-state index in [-0.39, 0.29) is 5.91 Å². The number of methoxy groups -OCH3 is 1. The van der Waals surface area contributed by atoms with Crippen molar-refractivity contribution in [2.75, 3.05) is 52.3 Å². The smallest absolute Gasteiger partial charge is 0.269 e. The van der Waals surface area contributed by atoms with E-state index in [4.69, 9.17) is 4.74 Å². The first-order chi connectivity index (χ1) is 10.2. The highest BCUT2D eigenvalue weighted by Crippen LogP contribution is 2.07. The summed E-state index contributed by atoms with van der Waals surface area (Å²) >= 11 is 0. The van der Waals surface area contributed by atoms with Gasteiger partial charge in [0.15, 0.2) is 0 Å². The molecule has 1 aromatic heterocycles. The number of nitrogens with zero attached hydrogens (tertiary/aromatic N) is 2. The summed E-state index contributed by atoms with van der Waals surface area (Å²) < 4.78 is 5.01. The lowest BCUT2D eigenvalue weighted by atomic mass is 10.3. The van der Waals surface area contributed by atoms with E-state index >= 15 is 0 Å². The van der Waals surface area contributed by atoms with E-state index in [2.05, 4.69) is 27.4 Å². The van der Waals surface area contributed by atoms with E-state index in [1.165, 1.54) is 0 Å². The molecule has 0 atom stereocenters. The first kappa shape index (κ1) is 17.4. The molecule has 21 heavy (non-hydrogen) atoms. The number of rotatable bonds is 10. The van der Waals surface area contributed by atoms with Gasteiger partial charge in [0.1, 0.15) is 5.69 Å². The van der Waals surface area contributed by atoms with E-state index in [1.807, 2.05) is 13.1 Å². The Bertz CT molecular complexity index is 426. The number of likely N-dealkylation sites (N-methyl/N-ethyl adjacent to an activating group) is 1. The number of carbonyl (C=O) groups is 1. The lowest BCUT2D eigenvalue weighted by Crippen LogP contribution is -2.34. The SMILES string of the molecule is CCCNc1ccnc(C(=O)NCCN(C)CCOC)c1. The van der Waals surface area contributed by atoms with Gasteiger partial charge < -0.3 is 20.3 Å². The Hall–Kier alpha value is -1.66. The number of carbonyl (C=O) groups excluding carboxylic acids is 1. The Morgan fingerprint density at radius 2 is 2.19 bits per heavy atom. The predicted molar refractivity (Wildman–Crippen MR) is 84.7 cm³/mol. The largest absolute Gasteiger partial charge is 0.385 e. The summed E-state index contributed by atoms with van der Waals surface area (Å²) in [6, 6.07) is 3.64. The lowest BCUT2D eigenvalue weighted by Gasteiger charge is -2.16. The number of hydrogen-bond donors (Lipinski definition) is 2. The van der Waals surface area contributed by atoms with Gasteiger partial charge in [0.2, 0.25) is 0 Å². The molecule has 0 saturated heterocycles. The van der Waals surface area contributed by atoms with Crippen LogP contribution in [0.5, 0.6) is 0 Å². The van der Waals surface area contributed by atoms with Crippen molar-refractivity contribution in [3.8, 4) is 0 Å². The average molecular weight is 294 g/mol. The third kappa shape index (κ3) is 7.06. The number of ether oxygens (including phenoxy) is 1. The summed E-state index contributed by atoms with van der Waals surface area (Å²) in [5.41, 5.74) is 1.37. The van der Waals surface area contributed by atoms with Gasteiger partial charge in [-0.05, 0) is 25.6 Å². The molecule has 2 N–H and O–H groups in total. The normalized spacial score (nSPS) is 10.7. The number of aromatic nitrogens is 1. The van der Waals surface area contributed by atoms with Crippen LogP contribution in [0, 0.1) is 0 Å². The third-order valence-corrected chi connectivity index (χ3v) is 3.03. The van der Waals surface area contributed by atoms with Gasteiger partial charge in [0.05, 0.1) is 6.61 Å². The van der Waals surface area contributed by atoms with E-state index in [9.17, 15) is 4.79 Å². The second kappa shape index (κ2) is 10.1. The highest BCUT2D eigenvalue weighted by Gasteiger charge is 2.07. The van der Waals surface area contributed by atoms with E-state index < -0.39 is 0 Å². The van der Waals surface area contributed by atoms with Crippen molar-refractivity contribution in [2.24, 2.45) is 0 Å². The molecule has 0 unspecified atom stereocenters. The second-order valence-electron chi connectivity index (χ2n) is 4.91. The number of hydrogen-bond acceptors (Lipinski definition) is 5. The standard InChI is InChI=1S/C15H26N4O2/c1-4-6-16-13-5-7-17-14(12-13)15(20)18-8-9-19(2)10-11-21-3/h5,7,12H,4,6,8-11H2,1-3H3,(H,16,17)(H,18,20). The van der Waals surface area contributed by atoms with Gasteiger partial charge in [-0.2, -0.15) is 0 Å². The van der Waals surface area contributed by atoms with Crippen LogP contribution in [0.4, 0.5) is 5.69 Å². The Morgan fingerprint density at radius 3 is 2.90 bits per heavy atom. The van der Waals surface area contributed by atoms with Crippen LogP contribution in [0.1, 0.15) is 23.8 Å². The van der Waals surface area contributed by atoms with Gasteiger partial charge in [-0.15, -0.1) is 0 Å². The van der Waals surface area contributed by atoms with Crippen molar-refractivity contribution in [3.63, 3.8) is 0 Å². The predicted octanol–water partition coefficient (Wildman–Crippen LogP) is 1.21. The number of pyridine rings is 1. The van der Waals surface area contributed by atoms with Crippen molar-refractivity contribution >= 4 is 11.6 Å². The maximum atomic E-state index is 12.0. The Balaban J connectivity index is 2.37. The van der Waals surface area contributed by atoms with Crippen molar-refractivity contribution in [2.45, 2.75) is 13.3 Å². The molecule has 1 amide bonds. The van der Waals surface area contributed by atoms with E-state index in [0.717, 1.165) is 31.7 Å². The van der Waals surface area contributed by atoms with Crippen LogP contribution < -0.4 is 10.6 Å². The monoisotopic (exact) mass is 294 g/mol. The van der Waals surface area contributed by atoms with E-state index in [0.29, 0.717) is 18.8 Å². The number of nitrogens with one attached hydrogen (secondary N) is 2. The Morgan fingerprint density at radius 1 is 1.38 bits per heavy atom. The van der Waals surface area contributed by atoms with E-state index in [1.54, 1.807) is 19.4 Å². The van der Waals surface area contributed by atoms with Crippen LogP contribution in [0.25, 0.3) is 0 Å². The topological polar surface area (TPSA) is 66.5 Å². The molecule has 0 spiro atoms. The zero-order valence-electron chi connectivity index (χ0n) is 13.2. The third-order valence-electron chi connectivity index (χ3n) is 3.03. The van der Waals surface area contributed by atoms with Crippen LogP contribution in [0.2, 0.25) is 0 Å². The van der Waals surface area contributed by atoms with Gasteiger partial charge in [-0.25, -0.2) is 0 Å². The molecule has 118 valence electrons. The summed E-state index contributed by atoms with van der Waals surface area (Å²) in [7, 11) is 3.68. The molecule has 0 aliphatic rings. The molecule has 1 heterocycles. The molecule has 6 heteroatoms. The highest BCUT2D eigenvalue weighted by atomic mass is 16.5. The highest BCUT2D eigenvalue weighted by molar-refractivity contribution is 5.93. The van der Waals surface area contributed by atoms with Gasteiger partial charge in [0.25, 0.3) is 5.91 Å². The first-order valence-electron chi connectivity index (χ1n) is 7.33. The molecule has 0 aliphatic carbocycles. The number of anilines is 1. The summed E-state index contributed by atoms with van der Waals surface area (Å²) in [5.74, 6) is -0.143. The maximum Gasteiger partial charge on any atom is 0.269 e. The maximum absolute atomic E-state index is 12.0. The van der Waals surface area contributed by atoms with Gasteiger partial charge in [0, 0.05) is 45.2 Å². The minimum absolute atomic E-state index is 0.143. The van der Waals surface area contributed by atoms with Crippen LogP contribution in [0.15, 0.2) is 18.3 Å². The zero-order chi connectivity index (χ0) is 15.5. The Kier molecular flexibility index (Phi) is 8.38. The quantitative estimate of drug-likeness (QED) is 0.679. The molecule has 1 rings (SSSR count). The molecular formula is C15H26N4O2. The zero-order valence-corrected chi connectivity index (χ0v) is 13.2. The fourth-order valence-electron chi connectivity index (χ4n) is 1.74. The van der Waals surface area contributed by atoms with Gasteiger partial charge in [-0.1, -0.05) is 6.92 Å². The Labute approximate surface area is 126 Å². The van der Waals surface area contributed by atoms with Gasteiger partial charge in [-0.3, -0.25) is 9.78 Å². The molecular weight excluding hydrogens is 268 g/mol. The molecule has 1 aromatic rings. The molecule has 0 aliphatic heterocycles. The average Bonchev–Trinajstić information content (AvgIpc) is 2.51. The summed E-state index contributed by atoms with van der Waals surface area (Å²) in [5, 5.41) is 6.12. The van der Waals surface area contributed by atoms with Crippen LogP contribution in [-0.4, -0.2) is 62.7 Å².